The van der Waals surface area contributed by atoms with Crippen LogP contribution in [0, 0.1) is 0 Å². The highest BCUT2D eigenvalue weighted by molar-refractivity contribution is 9.10. The first-order valence-corrected chi connectivity index (χ1v) is 7.64. The Kier molecular flexibility index (Phi) is 3.41. The highest BCUT2D eigenvalue weighted by atomic mass is 79.9. The van der Waals surface area contributed by atoms with Gasteiger partial charge in [-0.2, -0.15) is 0 Å². The van der Waals surface area contributed by atoms with Crippen LogP contribution < -0.4 is 10.5 Å². The molecule has 18 heavy (non-hydrogen) atoms. The fraction of sp³-hybridized carbons (Fsp3) is 0.286. The number of ether oxygens (including phenoxy) is 1. The first-order valence-electron chi connectivity index (χ1n) is 5.97. The van der Waals surface area contributed by atoms with E-state index in [-0.39, 0.29) is 6.04 Å². The van der Waals surface area contributed by atoms with Gasteiger partial charge in [-0.3, -0.25) is 0 Å². The minimum absolute atomic E-state index is 0.0471. The Bertz CT molecular complexity index is 567. The second kappa shape index (κ2) is 5.03. The average molecular weight is 324 g/mol. The molecule has 0 saturated heterocycles. The van der Waals surface area contributed by atoms with Crippen LogP contribution in [0.3, 0.4) is 0 Å². The predicted octanol–water partition coefficient (Wildman–Crippen LogP) is 3.69. The maximum absolute atomic E-state index is 6.29. The molecule has 3 rings (SSSR count). The van der Waals surface area contributed by atoms with Crippen LogP contribution in [0.15, 0.2) is 34.1 Å². The summed E-state index contributed by atoms with van der Waals surface area (Å²) in [5.41, 5.74) is 8.77. The first kappa shape index (κ1) is 12.2. The lowest BCUT2D eigenvalue weighted by molar-refractivity contribution is 0.357. The maximum Gasteiger partial charge on any atom is 0.122 e. The molecule has 0 saturated carbocycles. The number of halogens is 1. The molecule has 2 heterocycles. The van der Waals surface area contributed by atoms with Crippen LogP contribution in [-0.2, 0) is 12.8 Å². The van der Waals surface area contributed by atoms with Crippen LogP contribution in [0.1, 0.15) is 22.0 Å². The number of fused-ring (bicyclic) bond motifs is 1. The van der Waals surface area contributed by atoms with E-state index in [0.717, 1.165) is 29.7 Å². The van der Waals surface area contributed by atoms with Gasteiger partial charge in [-0.1, -0.05) is 12.1 Å². The summed E-state index contributed by atoms with van der Waals surface area (Å²) in [6.45, 7) is 0.796. The van der Waals surface area contributed by atoms with Crippen molar-refractivity contribution < 1.29 is 4.74 Å². The van der Waals surface area contributed by atoms with Gasteiger partial charge in [0.2, 0.25) is 0 Å². The molecule has 1 aromatic carbocycles. The molecule has 1 atom stereocenters. The lowest BCUT2D eigenvalue weighted by Gasteiger charge is -2.12. The standard InChI is InChI=1S/C14H14BrNOS/c15-11-4-6-18-14(11)8-12(16)9-1-2-13-10(7-9)3-5-17-13/h1-2,4,6-7,12H,3,5,8,16H2. The largest absolute Gasteiger partial charge is 0.493 e. The SMILES string of the molecule is NC(Cc1sccc1Br)c1ccc2c(c1)CCO2. The number of benzene rings is 1. The first-order chi connectivity index (χ1) is 8.74. The zero-order valence-electron chi connectivity index (χ0n) is 9.86. The molecule has 1 aromatic heterocycles. The van der Waals surface area contributed by atoms with E-state index in [1.165, 1.54) is 16.0 Å². The van der Waals surface area contributed by atoms with Crippen molar-refractivity contribution in [2.24, 2.45) is 5.73 Å². The van der Waals surface area contributed by atoms with Crippen molar-refractivity contribution >= 4 is 27.3 Å². The summed E-state index contributed by atoms with van der Waals surface area (Å²) in [4.78, 5) is 1.30. The molecule has 0 bridgehead atoms. The van der Waals surface area contributed by atoms with Gasteiger partial charge < -0.3 is 10.5 Å². The monoisotopic (exact) mass is 323 g/mol. The van der Waals surface area contributed by atoms with E-state index < -0.39 is 0 Å². The topological polar surface area (TPSA) is 35.2 Å². The quantitative estimate of drug-likeness (QED) is 0.935. The summed E-state index contributed by atoms with van der Waals surface area (Å²) >= 11 is 5.30. The van der Waals surface area contributed by atoms with Crippen LogP contribution in [0.2, 0.25) is 0 Å². The molecule has 0 fully saturated rings. The number of rotatable bonds is 3. The average Bonchev–Trinajstić information content (AvgIpc) is 2.98. The summed E-state index contributed by atoms with van der Waals surface area (Å²) in [5.74, 6) is 1.02. The Labute approximate surface area is 119 Å². The van der Waals surface area contributed by atoms with Crippen LogP contribution in [0.25, 0.3) is 0 Å². The molecule has 0 spiro atoms. The van der Waals surface area contributed by atoms with Crippen LogP contribution in [-0.4, -0.2) is 6.61 Å². The van der Waals surface area contributed by atoms with Crippen molar-refractivity contribution in [3.8, 4) is 5.75 Å². The van der Waals surface area contributed by atoms with Gasteiger partial charge in [-0.15, -0.1) is 11.3 Å². The molecule has 1 unspecified atom stereocenters. The van der Waals surface area contributed by atoms with E-state index in [9.17, 15) is 0 Å². The van der Waals surface area contributed by atoms with E-state index >= 15 is 0 Å². The van der Waals surface area contributed by atoms with Gasteiger partial charge in [0.25, 0.3) is 0 Å². The van der Waals surface area contributed by atoms with Crippen LogP contribution in [0.4, 0.5) is 0 Å². The molecule has 2 N–H and O–H groups in total. The van der Waals surface area contributed by atoms with Gasteiger partial charge in [-0.25, -0.2) is 0 Å². The minimum atomic E-state index is 0.0471. The third-order valence-electron chi connectivity index (χ3n) is 3.24. The van der Waals surface area contributed by atoms with Crippen molar-refractivity contribution in [3.05, 3.63) is 50.1 Å². The Morgan fingerprint density at radius 3 is 3.06 bits per heavy atom. The van der Waals surface area contributed by atoms with Crippen molar-refractivity contribution in [2.45, 2.75) is 18.9 Å². The Morgan fingerprint density at radius 1 is 1.39 bits per heavy atom. The maximum atomic E-state index is 6.29. The van der Waals surface area contributed by atoms with Gasteiger partial charge >= 0.3 is 0 Å². The van der Waals surface area contributed by atoms with E-state index in [4.69, 9.17) is 10.5 Å². The fourth-order valence-electron chi connectivity index (χ4n) is 2.23. The highest BCUT2D eigenvalue weighted by Gasteiger charge is 2.16. The van der Waals surface area contributed by atoms with Gasteiger partial charge in [0, 0.05) is 28.2 Å². The van der Waals surface area contributed by atoms with Gasteiger partial charge in [0.15, 0.2) is 0 Å². The summed E-state index contributed by atoms with van der Waals surface area (Å²) in [7, 11) is 0. The minimum Gasteiger partial charge on any atom is -0.493 e. The molecule has 0 radical (unpaired) electrons. The summed E-state index contributed by atoms with van der Waals surface area (Å²) in [6, 6.07) is 8.43. The predicted molar refractivity (Wildman–Crippen MR) is 78.3 cm³/mol. The van der Waals surface area contributed by atoms with Crippen LogP contribution in [0.5, 0.6) is 5.75 Å². The fourth-order valence-corrected chi connectivity index (χ4v) is 3.80. The molecular weight excluding hydrogens is 310 g/mol. The number of hydrogen-bond acceptors (Lipinski definition) is 3. The smallest absolute Gasteiger partial charge is 0.122 e. The molecule has 2 aromatic rings. The Morgan fingerprint density at radius 2 is 2.28 bits per heavy atom. The normalized spacial score (nSPS) is 15.2. The molecule has 0 aliphatic carbocycles. The molecule has 0 amide bonds. The Balaban J connectivity index is 1.80. The molecule has 4 heteroatoms. The van der Waals surface area contributed by atoms with Crippen molar-refractivity contribution in [3.63, 3.8) is 0 Å². The molecular formula is C14H14BrNOS. The summed E-state index contributed by atoms with van der Waals surface area (Å²) in [5, 5.41) is 2.09. The molecule has 2 nitrogen and oxygen atoms in total. The van der Waals surface area contributed by atoms with Crippen molar-refractivity contribution in [1.29, 1.82) is 0 Å². The third-order valence-corrected chi connectivity index (χ3v) is 5.19. The summed E-state index contributed by atoms with van der Waals surface area (Å²) < 4.78 is 6.67. The third kappa shape index (κ3) is 2.32. The molecule has 1 aliphatic rings. The highest BCUT2D eigenvalue weighted by Crippen LogP contribution is 2.31. The van der Waals surface area contributed by atoms with Gasteiger partial charge in [0.05, 0.1) is 6.61 Å². The van der Waals surface area contributed by atoms with E-state index in [2.05, 4.69) is 39.5 Å². The Hall–Kier alpha value is -0.840. The van der Waals surface area contributed by atoms with Gasteiger partial charge in [-0.05, 0) is 44.6 Å². The van der Waals surface area contributed by atoms with E-state index in [0.29, 0.717) is 0 Å². The number of hydrogen-bond donors (Lipinski definition) is 1. The van der Waals surface area contributed by atoms with Crippen molar-refractivity contribution in [1.82, 2.24) is 0 Å². The number of thiophene rings is 1. The molecule has 1 aliphatic heterocycles. The lowest BCUT2D eigenvalue weighted by Crippen LogP contribution is -2.13. The van der Waals surface area contributed by atoms with E-state index in [1.54, 1.807) is 11.3 Å². The second-order valence-corrected chi connectivity index (χ2v) is 6.32. The van der Waals surface area contributed by atoms with Crippen molar-refractivity contribution in [2.75, 3.05) is 6.61 Å². The zero-order chi connectivity index (χ0) is 12.5. The summed E-state index contributed by atoms with van der Waals surface area (Å²) in [6.07, 6.45) is 1.87. The molecule has 94 valence electrons. The van der Waals surface area contributed by atoms with E-state index in [1.807, 2.05) is 6.07 Å². The van der Waals surface area contributed by atoms with Crippen LogP contribution >= 0.6 is 27.3 Å². The zero-order valence-corrected chi connectivity index (χ0v) is 12.3. The second-order valence-electron chi connectivity index (χ2n) is 4.47. The lowest BCUT2D eigenvalue weighted by atomic mass is 10.0. The number of nitrogens with two attached hydrogens (primary N) is 1. The van der Waals surface area contributed by atoms with Gasteiger partial charge in [0.1, 0.15) is 5.75 Å².